The van der Waals surface area contributed by atoms with Crippen LogP contribution in [0.15, 0.2) is 60.9 Å². The van der Waals surface area contributed by atoms with Crippen LogP contribution in [0.5, 0.6) is 17.2 Å². The summed E-state index contributed by atoms with van der Waals surface area (Å²) in [4.78, 5) is 32.8. The smallest absolute Gasteiger partial charge is 0.256 e. The summed E-state index contributed by atoms with van der Waals surface area (Å²) in [6.07, 6.45) is 3.33. The molecule has 1 saturated heterocycles. The van der Waals surface area contributed by atoms with Crippen LogP contribution in [0, 0.1) is 5.82 Å². The van der Waals surface area contributed by atoms with Gasteiger partial charge in [0.1, 0.15) is 17.2 Å². The molecule has 188 valence electrons. The molecule has 0 aliphatic carbocycles. The van der Waals surface area contributed by atoms with E-state index in [0.29, 0.717) is 28.6 Å². The largest absolute Gasteiger partial charge is 0.493 e. The minimum atomic E-state index is -0.756. The highest BCUT2D eigenvalue weighted by molar-refractivity contribution is 7.99. The predicted octanol–water partition coefficient (Wildman–Crippen LogP) is 3.82. The molecule has 1 N–H and O–H groups in total. The highest BCUT2D eigenvalue weighted by Crippen LogP contribution is 2.44. The van der Waals surface area contributed by atoms with Crippen molar-refractivity contribution < 1.29 is 28.2 Å². The lowest BCUT2D eigenvalue weighted by molar-refractivity contribution is -0.125. The Bertz CT molecular complexity index is 1200. The van der Waals surface area contributed by atoms with Crippen molar-refractivity contribution >= 4 is 23.6 Å². The second-order valence-electron chi connectivity index (χ2n) is 7.96. The fourth-order valence-corrected chi connectivity index (χ4v) is 5.43. The Morgan fingerprint density at radius 1 is 1.08 bits per heavy atom. The lowest BCUT2D eigenvalue weighted by Gasteiger charge is -2.29. The standard InChI is InChI=1S/C26H26FN3O5S/c1-33-21-11-18(12-22(34-2)23(21)35-3)25(32)30-20(24(31)29-14-16-5-4-10-28-13-16)15-36-26(30)17-6-8-19(27)9-7-17/h4-13,20,26H,14-15H2,1-3H3,(H,29,31). The Labute approximate surface area is 212 Å². The number of amides is 2. The maximum Gasteiger partial charge on any atom is 0.256 e. The van der Waals surface area contributed by atoms with Crippen LogP contribution in [0.1, 0.15) is 26.9 Å². The van der Waals surface area contributed by atoms with E-state index in [9.17, 15) is 14.0 Å². The van der Waals surface area contributed by atoms with Crippen LogP contribution in [-0.4, -0.2) is 54.8 Å². The lowest BCUT2D eigenvalue weighted by Crippen LogP contribution is -2.47. The molecule has 8 nitrogen and oxygen atoms in total. The summed E-state index contributed by atoms with van der Waals surface area (Å²) < 4.78 is 29.8. The normalized spacial score (nSPS) is 16.9. The Hall–Kier alpha value is -3.79. The fraction of sp³-hybridized carbons (Fsp3) is 0.269. The van der Waals surface area contributed by atoms with Crippen LogP contribution in [0.4, 0.5) is 4.39 Å². The topological polar surface area (TPSA) is 90.0 Å². The van der Waals surface area contributed by atoms with Gasteiger partial charge >= 0.3 is 0 Å². The van der Waals surface area contributed by atoms with Crippen molar-refractivity contribution in [1.29, 1.82) is 0 Å². The van der Waals surface area contributed by atoms with Crippen LogP contribution in [0.2, 0.25) is 0 Å². The molecule has 2 unspecified atom stereocenters. The molecule has 0 spiro atoms. The van der Waals surface area contributed by atoms with Crippen molar-refractivity contribution in [2.45, 2.75) is 18.0 Å². The van der Waals surface area contributed by atoms with Gasteiger partial charge < -0.3 is 24.4 Å². The molecule has 1 fully saturated rings. The Kier molecular flexibility index (Phi) is 7.94. The zero-order valence-corrected chi connectivity index (χ0v) is 20.9. The third-order valence-corrected chi connectivity index (χ3v) is 7.12. The lowest BCUT2D eigenvalue weighted by atomic mass is 10.1. The molecule has 2 amide bonds. The van der Waals surface area contributed by atoms with Gasteiger partial charge in [0.05, 0.1) is 21.3 Å². The number of carbonyl (C=O) groups excluding carboxylic acids is 2. The van der Waals surface area contributed by atoms with Crippen LogP contribution in [0.25, 0.3) is 0 Å². The van der Waals surface area contributed by atoms with Crippen molar-refractivity contribution in [2.24, 2.45) is 0 Å². The van der Waals surface area contributed by atoms with Crippen LogP contribution >= 0.6 is 11.8 Å². The number of methoxy groups -OCH3 is 3. The Morgan fingerprint density at radius 2 is 1.78 bits per heavy atom. The SMILES string of the molecule is COc1cc(C(=O)N2C(C(=O)NCc3cccnc3)CSC2c2ccc(F)cc2)cc(OC)c1OC. The molecule has 1 aliphatic rings. The first-order chi connectivity index (χ1) is 17.5. The highest BCUT2D eigenvalue weighted by Gasteiger charge is 2.43. The molecule has 1 aliphatic heterocycles. The van der Waals surface area contributed by atoms with Gasteiger partial charge in [0, 0.05) is 30.3 Å². The first kappa shape index (κ1) is 25.3. The number of hydrogen-bond acceptors (Lipinski definition) is 7. The van der Waals surface area contributed by atoms with Crippen molar-refractivity contribution in [3.63, 3.8) is 0 Å². The number of rotatable bonds is 8. The highest BCUT2D eigenvalue weighted by atomic mass is 32.2. The molecule has 1 aromatic heterocycles. The van der Waals surface area contributed by atoms with Gasteiger partial charge in [-0.3, -0.25) is 14.6 Å². The predicted molar refractivity (Wildman–Crippen MR) is 134 cm³/mol. The maximum absolute atomic E-state index is 13.9. The van der Waals surface area contributed by atoms with Crippen molar-refractivity contribution in [3.8, 4) is 17.2 Å². The van der Waals surface area contributed by atoms with Gasteiger partial charge in [-0.15, -0.1) is 11.8 Å². The second-order valence-corrected chi connectivity index (χ2v) is 9.07. The van der Waals surface area contributed by atoms with E-state index >= 15 is 0 Å². The summed E-state index contributed by atoms with van der Waals surface area (Å²) in [5, 5.41) is 2.41. The summed E-state index contributed by atoms with van der Waals surface area (Å²) >= 11 is 1.44. The fourth-order valence-electron chi connectivity index (χ4n) is 4.00. The van der Waals surface area contributed by atoms with Gasteiger partial charge in [-0.2, -0.15) is 0 Å². The van der Waals surface area contributed by atoms with Gasteiger partial charge in [-0.1, -0.05) is 18.2 Å². The summed E-state index contributed by atoms with van der Waals surface area (Å²) in [7, 11) is 4.41. The Balaban J connectivity index is 1.68. The molecular formula is C26H26FN3O5S. The third kappa shape index (κ3) is 5.23. The first-order valence-corrected chi connectivity index (χ1v) is 12.2. The number of aromatic nitrogens is 1. The Morgan fingerprint density at radius 3 is 2.36 bits per heavy atom. The van der Waals surface area contributed by atoms with Gasteiger partial charge in [0.25, 0.3) is 5.91 Å². The van der Waals surface area contributed by atoms with Gasteiger partial charge in [-0.25, -0.2) is 4.39 Å². The van der Waals surface area contributed by atoms with Crippen LogP contribution in [-0.2, 0) is 11.3 Å². The van der Waals surface area contributed by atoms with Crippen molar-refractivity contribution in [1.82, 2.24) is 15.2 Å². The summed E-state index contributed by atoms with van der Waals surface area (Å²) in [6.45, 7) is 0.279. The molecule has 0 radical (unpaired) electrons. The van der Waals surface area contributed by atoms with Gasteiger partial charge in [0.15, 0.2) is 11.5 Å². The first-order valence-electron chi connectivity index (χ1n) is 11.1. The molecule has 4 rings (SSSR count). The number of nitrogens with zero attached hydrogens (tertiary/aromatic N) is 2. The van der Waals surface area contributed by atoms with Gasteiger partial charge in [0.2, 0.25) is 11.7 Å². The minimum Gasteiger partial charge on any atom is -0.493 e. The zero-order chi connectivity index (χ0) is 25.7. The van der Waals surface area contributed by atoms with Crippen molar-refractivity contribution in [3.05, 3.63) is 83.4 Å². The summed E-state index contributed by atoms with van der Waals surface area (Å²) in [5.74, 6) is 0.304. The number of benzene rings is 2. The number of nitrogens with one attached hydrogen (secondary N) is 1. The minimum absolute atomic E-state index is 0.268. The summed E-state index contributed by atoms with van der Waals surface area (Å²) in [6, 6.07) is 11.9. The quantitative estimate of drug-likeness (QED) is 0.492. The van der Waals surface area contributed by atoms with E-state index in [1.165, 1.54) is 50.1 Å². The molecule has 3 aromatic rings. The van der Waals surface area contributed by atoms with Gasteiger partial charge in [-0.05, 0) is 41.5 Å². The number of carbonyl (C=O) groups is 2. The monoisotopic (exact) mass is 511 g/mol. The van der Waals surface area contributed by atoms with E-state index in [1.54, 1.807) is 42.7 Å². The molecule has 2 atom stereocenters. The van der Waals surface area contributed by atoms with E-state index in [2.05, 4.69) is 10.3 Å². The van der Waals surface area contributed by atoms with E-state index in [4.69, 9.17) is 14.2 Å². The average Bonchev–Trinajstić information content (AvgIpc) is 3.36. The van der Waals surface area contributed by atoms with Crippen LogP contribution < -0.4 is 19.5 Å². The molecule has 0 bridgehead atoms. The molecule has 2 aromatic carbocycles. The molecule has 36 heavy (non-hydrogen) atoms. The number of pyridine rings is 1. The number of hydrogen-bond donors (Lipinski definition) is 1. The number of halogens is 1. The molecule has 0 saturated carbocycles. The maximum atomic E-state index is 13.9. The molecule has 10 heteroatoms. The third-order valence-electron chi connectivity index (χ3n) is 5.79. The average molecular weight is 512 g/mol. The van der Waals surface area contributed by atoms with E-state index in [1.807, 2.05) is 6.07 Å². The molecular weight excluding hydrogens is 485 g/mol. The molecule has 2 heterocycles. The van der Waals surface area contributed by atoms with Crippen LogP contribution in [0.3, 0.4) is 0 Å². The van der Waals surface area contributed by atoms with E-state index in [0.717, 1.165) is 5.56 Å². The second kappa shape index (κ2) is 11.3. The number of thioether (sulfide) groups is 1. The zero-order valence-electron chi connectivity index (χ0n) is 20.1. The summed E-state index contributed by atoms with van der Waals surface area (Å²) in [5.41, 5.74) is 1.82. The van der Waals surface area contributed by atoms with Crippen molar-refractivity contribution in [2.75, 3.05) is 27.1 Å². The number of ether oxygens (including phenoxy) is 3. The van der Waals surface area contributed by atoms with E-state index in [-0.39, 0.29) is 23.8 Å². The van der Waals surface area contributed by atoms with E-state index < -0.39 is 17.3 Å².